The van der Waals surface area contributed by atoms with Crippen molar-refractivity contribution < 1.29 is 9.94 Å². The van der Waals surface area contributed by atoms with Gasteiger partial charge >= 0.3 is 0 Å². The molecule has 16 heavy (non-hydrogen) atoms. The molecule has 0 amide bonds. The number of benzene rings is 1. The van der Waals surface area contributed by atoms with Gasteiger partial charge in [0, 0.05) is 12.0 Å². The molecule has 1 aromatic carbocycles. The molecular weight excluding hydrogens is 202 g/mol. The van der Waals surface area contributed by atoms with Crippen LogP contribution in [-0.4, -0.2) is 16.5 Å². The number of fused-ring (bicyclic) bond motifs is 1. The Morgan fingerprint density at radius 1 is 1.25 bits per heavy atom. The molecule has 1 heterocycles. The molecule has 0 atom stereocenters. The van der Waals surface area contributed by atoms with Crippen LogP contribution in [0.25, 0.3) is 0 Å². The molecule has 0 aliphatic carbocycles. The van der Waals surface area contributed by atoms with Crippen molar-refractivity contribution in [3.8, 4) is 5.75 Å². The van der Waals surface area contributed by atoms with Crippen LogP contribution in [-0.2, 0) is 0 Å². The van der Waals surface area contributed by atoms with Gasteiger partial charge in [-0.3, -0.25) is 0 Å². The van der Waals surface area contributed by atoms with Crippen molar-refractivity contribution in [2.75, 3.05) is 0 Å². The van der Waals surface area contributed by atoms with Gasteiger partial charge in [-0.1, -0.05) is 5.16 Å². The van der Waals surface area contributed by atoms with Gasteiger partial charge in [-0.2, -0.15) is 0 Å². The molecule has 3 heteroatoms. The number of rotatable bonds is 0. The first kappa shape index (κ1) is 11.0. The van der Waals surface area contributed by atoms with E-state index in [1.807, 2.05) is 32.9 Å². The Morgan fingerprint density at radius 3 is 2.50 bits per heavy atom. The van der Waals surface area contributed by atoms with Gasteiger partial charge < -0.3 is 9.94 Å². The Kier molecular flexibility index (Phi) is 2.41. The number of hydrogen-bond donors (Lipinski definition) is 1. The highest BCUT2D eigenvalue weighted by Crippen LogP contribution is 2.35. The maximum atomic E-state index is 9.06. The standard InChI is InChI=1S/C13H17NO2/c1-8-5-10-11(14-15)7-13(3,4)16-12(10)6-9(8)2/h5-6,15H,7H2,1-4H3. The van der Waals surface area contributed by atoms with E-state index in [1.165, 1.54) is 11.1 Å². The molecule has 0 saturated heterocycles. The summed E-state index contributed by atoms with van der Waals surface area (Å²) in [5.41, 5.74) is 3.67. The first-order valence-electron chi connectivity index (χ1n) is 5.44. The van der Waals surface area contributed by atoms with Gasteiger partial charge in [0.1, 0.15) is 11.4 Å². The van der Waals surface area contributed by atoms with E-state index >= 15 is 0 Å². The van der Waals surface area contributed by atoms with Crippen molar-refractivity contribution in [1.82, 2.24) is 0 Å². The van der Waals surface area contributed by atoms with Crippen molar-refractivity contribution in [2.45, 2.75) is 39.7 Å². The van der Waals surface area contributed by atoms with Gasteiger partial charge in [0.15, 0.2) is 0 Å². The second-order valence-electron chi connectivity index (χ2n) is 5.02. The zero-order valence-electron chi connectivity index (χ0n) is 10.2. The van der Waals surface area contributed by atoms with Crippen molar-refractivity contribution in [3.63, 3.8) is 0 Å². The number of oxime groups is 1. The van der Waals surface area contributed by atoms with Crippen LogP contribution in [0.2, 0.25) is 0 Å². The van der Waals surface area contributed by atoms with E-state index in [1.54, 1.807) is 0 Å². The molecule has 0 aromatic heterocycles. The molecule has 0 bridgehead atoms. The minimum atomic E-state index is -0.309. The van der Waals surface area contributed by atoms with Crippen LogP contribution < -0.4 is 4.74 Å². The van der Waals surface area contributed by atoms with Gasteiger partial charge in [0.25, 0.3) is 0 Å². The summed E-state index contributed by atoms with van der Waals surface area (Å²) >= 11 is 0. The van der Waals surface area contributed by atoms with Crippen LogP contribution in [0.5, 0.6) is 5.75 Å². The average molecular weight is 219 g/mol. The van der Waals surface area contributed by atoms with Crippen LogP contribution in [0.4, 0.5) is 0 Å². The molecule has 0 saturated carbocycles. The highest BCUT2D eigenvalue weighted by molar-refractivity contribution is 6.04. The molecule has 0 radical (unpaired) electrons. The van der Waals surface area contributed by atoms with Gasteiger partial charge in [-0.25, -0.2) is 0 Å². The summed E-state index contributed by atoms with van der Waals surface area (Å²) < 4.78 is 5.90. The largest absolute Gasteiger partial charge is 0.487 e. The smallest absolute Gasteiger partial charge is 0.129 e. The van der Waals surface area contributed by atoms with E-state index in [9.17, 15) is 0 Å². The van der Waals surface area contributed by atoms with Crippen LogP contribution in [0.3, 0.4) is 0 Å². The third-order valence-corrected chi connectivity index (χ3v) is 3.01. The lowest BCUT2D eigenvalue weighted by molar-refractivity contribution is 0.109. The number of hydrogen-bond acceptors (Lipinski definition) is 3. The predicted molar refractivity (Wildman–Crippen MR) is 63.6 cm³/mol. The molecule has 3 nitrogen and oxygen atoms in total. The van der Waals surface area contributed by atoms with Gasteiger partial charge in [0.05, 0.1) is 5.71 Å². The van der Waals surface area contributed by atoms with E-state index in [0.717, 1.165) is 11.3 Å². The number of ether oxygens (including phenoxy) is 1. The molecular formula is C13H17NO2. The second-order valence-corrected chi connectivity index (χ2v) is 5.02. The van der Waals surface area contributed by atoms with Crippen molar-refractivity contribution >= 4 is 5.71 Å². The molecule has 0 unspecified atom stereocenters. The normalized spacial score (nSPS) is 20.4. The van der Waals surface area contributed by atoms with Crippen molar-refractivity contribution in [2.24, 2.45) is 5.16 Å². The lowest BCUT2D eigenvalue weighted by Gasteiger charge is -2.33. The topological polar surface area (TPSA) is 41.8 Å². The van der Waals surface area contributed by atoms with Gasteiger partial charge in [-0.05, 0) is 51.0 Å². The first-order valence-corrected chi connectivity index (χ1v) is 5.44. The fraction of sp³-hybridized carbons (Fsp3) is 0.462. The van der Waals surface area contributed by atoms with Crippen molar-refractivity contribution in [3.05, 3.63) is 28.8 Å². The molecule has 86 valence electrons. The summed E-state index contributed by atoms with van der Waals surface area (Å²) in [5.74, 6) is 0.812. The third-order valence-electron chi connectivity index (χ3n) is 3.01. The lowest BCUT2D eigenvalue weighted by atomic mass is 9.90. The van der Waals surface area contributed by atoms with E-state index in [0.29, 0.717) is 12.1 Å². The highest BCUT2D eigenvalue weighted by Gasteiger charge is 2.31. The summed E-state index contributed by atoms with van der Waals surface area (Å²) in [5, 5.41) is 12.5. The zero-order chi connectivity index (χ0) is 11.9. The highest BCUT2D eigenvalue weighted by atomic mass is 16.5. The molecule has 1 N–H and O–H groups in total. The quantitative estimate of drug-likeness (QED) is 0.538. The maximum absolute atomic E-state index is 9.06. The Bertz CT molecular complexity index is 461. The van der Waals surface area contributed by atoms with Crippen LogP contribution in [0, 0.1) is 13.8 Å². The van der Waals surface area contributed by atoms with Crippen LogP contribution in [0.1, 0.15) is 37.0 Å². The summed E-state index contributed by atoms with van der Waals surface area (Å²) in [6, 6.07) is 4.03. The first-order chi connectivity index (χ1) is 7.43. The molecule has 2 rings (SSSR count). The Hall–Kier alpha value is -1.51. The zero-order valence-corrected chi connectivity index (χ0v) is 10.2. The van der Waals surface area contributed by atoms with E-state index in [2.05, 4.69) is 12.1 Å². The maximum Gasteiger partial charge on any atom is 0.129 e. The molecule has 1 aromatic rings. The van der Waals surface area contributed by atoms with Crippen LogP contribution >= 0.6 is 0 Å². The summed E-state index contributed by atoms with van der Waals surface area (Å²) in [7, 11) is 0. The minimum absolute atomic E-state index is 0.309. The fourth-order valence-electron chi connectivity index (χ4n) is 2.02. The molecule has 0 fully saturated rings. The third kappa shape index (κ3) is 1.77. The molecule has 0 spiro atoms. The average Bonchev–Trinajstić information content (AvgIpc) is 2.18. The molecule has 1 aliphatic rings. The van der Waals surface area contributed by atoms with E-state index in [-0.39, 0.29) is 5.60 Å². The Morgan fingerprint density at radius 2 is 1.88 bits per heavy atom. The fourth-order valence-corrected chi connectivity index (χ4v) is 2.02. The second kappa shape index (κ2) is 3.51. The van der Waals surface area contributed by atoms with Gasteiger partial charge in [0.2, 0.25) is 0 Å². The summed E-state index contributed by atoms with van der Waals surface area (Å²) in [6.07, 6.45) is 0.624. The van der Waals surface area contributed by atoms with Gasteiger partial charge in [-0.15, -0.1) is 0 Å². The Labute approximate surface area is 95.7 Å². The van der Waals surface area contributed by atoms with E-state index in [4.69, 9.17) is 9.94 Å². The predicted octanol–water partition coefficient (Wildman–Crippen LogP) is 3.04. The van der Waals surface area contributed by atoms with Crippen LogP contribution in [0.15, 0.2) is 17.3 Å². The SMILES string of the molecule is Cc1cc2c(cc1C)C(=NO)CC(C)(C)O2. The minimum Gasteiger partial charge on any atom is -0.487 e. The molecule has 1 aliphatic heterocycles. The number of aryl methyl sites for hydroxylation is 2. The lowest BCUT2D eigenvalue weighted by Crippen LogP contribution is -2.36. The summed E-state index contributed by atoms with van der Waals surface area (Å²) in [6.45, 7) is 8.09. The van der Waals surface area contributed by atoms with E-state index < -0.39 is 0 Å². The summed E-state index contributed by atoms with van der Waals surface area (Å²) in [4.78, 5) is 0. The Balaban J connectivity index is 2.60. The monoisotopic (exact) mass is 219 g/mol. The van der Waals surface area contributed by atoms with Crippen molar-refractivity contribution in [1.29, 1.82) is 0 Å². The number of nitrogens with zero attached hydrogens (tertiary/aromatic N) is 1.